The maximum Gasteiger partial charge on any atom is 0.221 e. The summed E-state index contributed by atoms with van der Waals surface area (Å²) in [5.41, 5.74) is 5.36. The monoisotopic (exact) mass is 428 g/mol. The van der Waals surface area contributed by atoms with E-state index in [9.17, 15) is 0 Å². The van der Waals surface area contributed by atoms with E-state index in [-0.39, 0.29) is 11.5 Å². The molecule has 0 spiro atoms. The molecule has 0 fully saturated rings. The van der Waals surface area contributed by atoms with Crippen LogP contribution in [0.2, 0.25) is 0 Å². The van der Waals surface area contributed by atoms with E-state index >= 15 is 0 Å². The Kier molecular flexibility index (Phi) is 4.09. The van der Waals surface area contributed by atoms with Gasteiger partial charge >= 0.3 is 0 Å². The summed E-state index contributed by atoms with van der Waals surface area (Å²) in [6.07, 6.45) is 1.99. The predicted octanol–water partition coefficient (Wildman–Crippen LogP) is 5.39. The van der Waals surface area contributed by atoms with Crippen molar-refractivity contribution < 1.29 is 4.74 Å². The van der Waals surface area contributed by atoms with Crippen molar-refractivity contribution in [3.05, 3.63) is 83.7 Å². The van der Waals surface area contributed by atoms with E-state index in [0.29, 0.717) is 5.92 Å². The molecule has 0 N–H and O–H groups in total. The van der Waals surface area contributed by atoms with Crippen LogP contribution < -0.4 is 4.74 Å². The van der Waals surface area contributed by atoms with Crippen molar-refractivity contribution in [1.82, 2.24) is 19.6 Å². The first-order valence-corrected chi connectivity index (χ1v) is 11.6. The predicted molar refractivity (Wildman–Crippen MR) is 123 cm³/mol. The molecule has 2 aliphatic rings. The molecule has 2 atom stereocenters. The zero-order chi connectivity index (χ0) is 21.2. The molecule has 6 rings (SSSR count). The van der Waals surface area contributed by atoms with Crippen LogP contribution in [-0.4, -0.2) is 30.9 Å². The number of hydrogen-bond acceptors (Lipinski definition) is 4. The normalized spacial score (nSPS) is 21.0. The van der Waals surface area contributed by atoms with Gasteiger partial charge in [0.05, 0.1) is 23.3 Å². The van der Waals surface area contributed by atoms with Gasteiger partial charge in [-0.25, -0.2) is 9.36 Å². The minimum atomic E-state index is -0.309. The number of benzene rings is 2. The number of ether oxygens (including phenoxy) is 1. The number of aryl methyl sites for hydroxylation is 1. The summed E-state index contributed by atoms with van der Waals surface area (Å²) < 4.78 is 10.7. The second-order valence-electron chi connectivity index (χ2n) is 8.80. The van der Waals surface area contributed by atoms with E-state index in [1.165, 1.54) is 10.6 Å². The molecule has 0 unspecified atom stereocenters. The maximum atomic E-state index is 6.62. The van der Waals surface area contributed by atoms with Gasteiger partial charge in [-0.15, -0.1) is 11.8 Å². The Bertz CT molecular complexity index is 1260. The average molecular weight is 429 g/mol. The molecule has 2 aromatic carbocycles. The van der Waals surface area contributed by atoms with Crippen LogP contribution in [0.1, 0.15) is 36.6 Å². The highest BCUT2D eigenvalue weighted by atomic mass is 32.2. The van der Waals surface area contributed by atoms with Crippen LogP contribution in [0, 0.1) is 12.8 Å². The average Bonchev–Trinajstić information content (AvgIpc) is 3.35. The smallest absolute Gasteiger partial charge is 0.221 e. The second-order valence-corrected chi connectivity index (χ2v) is 9.81. The number of thioether (sulfide) groups is 1. The molecular formula is C25H24N4OS. The van der Waals surface area contributed by atoms with Gasteiger partial charge in [-0.2, -0.15) is 10.2 Å². The maximum absolute atomic E-state index is 6.62. The first-order chi connectivity index (χ1) is 15.0. The van der Waals surface area contributed by atoms with Crippen LogP contribution in [0.4, 0.5) is 0 Å². The third kappa shape index (κ3) is 2.78. The van der Waals surface area contributed by atoms with Gasteiger partial charge in [-0.3, -0.25) is 0 Å². The van der Waals surface area contributed by atoms with Crippen molar-refractivity contribution in [2.45, 2.75) is 37.3 Å². The van der Waals surface area contributed by atoms with Crippen LogP contribution in [0.3, 0.4) is 0 Å². The molecular weight excluding hydrogens is 404 g/mol. The molecule has 0 bridgehead atoms. The molecule has 4 aromatic rings. The van der Waals surface area contributed by atoms with Crippen LogP contribution in [0.15, 0.2) is 71.9 Å². The Morgan fingerprint density at radius 2 is 1.61 bits per heavy atom. The molecule has 156 valence electrons. The molecule has 4 heterocycles. The fraction of sp³-hybridized carbons (Fsp3) is 0.280. The van der Waals surface area contributed by atoms with Crippen LogP contribution in [-0.2, 0) is 0 Å². The molecule has 2 aromatic heterocycles. The largest absolute Gasteiger partial charge is 0.471 e. The Hall–Kier alpha value is -2.99. The standard InChI is InChI=1S/C25H24N4OS/c1-16-21-22-19-14-26-28(17-10-6-4-7-11-17)23(19)30-25(2,3)20(22)15-31-24(21)29(27-16)18-12-8-5-9-13-18/h4-14,20,22H,15H2,1-3H3/t20-,22+/m1/s1. The molecule has 0 saturated carbocycles. The first kappa shape index (κ1) is 18.8. The van der Waals surface area contributed by atoms with Crippen molar-refractivity contribution in [2.24, 2.45) is 5.92 Å². The Balaban J connectivity index is 1.55. The van der Waals surface area contributed by atoms with Crippen molar-refractivity contribution >= 4 is 11.8 Å². The Morgan fingerprint density at radius 1 is 0.968 bits per heavy atom. The number of nitrogens with zero attached hydrogens (tertiary/aromatic N) is 4. The molecule has 5 nitrogen and oxygen atoms in total. The third-order valence-electron chi connectivity index (χ3n) is 6.52. The highest BCUT2D eigenvalue weighted by molar-refractivity contribution is 7.99. The molecule has 2 aliphatic heterocycles. The van der Waals surface area contributed by atoms with Gasteiger partial charge in [-0.1, -0.05) is 36.4 Å². The van der Waals surface area contributed by atoms with Gasteiger partial charge in [0.15, 0.2) is 0 Å². The lowest BCUT2D eigenvalue weighted by atomic mass is 9.73. The van der Waals surface area contributed by atoms with Crippen LogP contribution >= 0.6 is 11.8 Å². The summed E-state index contributed by atoms with van der Waals surface area (Å²) in [6.45, 7) is 6.54. The first-order valence-electron chi connectivity index (χ1n) is 10.6. The highest BCUT2D eigenvalue weighted by Crippen LogP contribution is 2.55. The summed E-state index contributed by atoms with van der Waals surface area (Å²) >= 11 is 1.89. The molecule has 0 radical (unpaired) electrons. The number of aromatic nitrogens is 4. The fourth-order valence-electron chi connectivity index (χ4n) is 4.94. The van der Waals surface area contributed by atoms with E-state index in [0.717, 1.165) is 34.3 Å². The van der Waals surface area contributed by atoms with E-state index < -0.39 is 0 Å². The van der Waals surface area contributed by atoms with Crippen LogP contribution in [0.5, 0.6) is 5.88 Å². The minimum absolute atomic E-state index is 0.213. The van der Waals surface area contributed by atoms with Crippen molar-refractivity contribution in [1.29, 1.82) is 0 Å². The van der Waals surface area contributed by atoms with Gasteiger partial charge in [0.1, 0.15) is 10.6 Å². The van der Waals surface area contributed by atoms with Gasteiger partial charge in [0, 0.05) is 28.7 Å². The van der Waals surface area contributed by atoms with Gasteiger partial charge in [0.25, 0.3) is 0 Å². The Morgan fingerprint density at radius 3 is 2.29 bits per heavy atom. The van der Waals surface area contributed by atoms with E-state index in [1.54, 1.807) is 0 Å². The van der Waals surface area contributed by atoms with E-state index in [2.05, 4.69) is 61.9 Å². The zero-order valence-electron chi connectivity index (χ0n) is 17.8. The lowest BCUT2D eigenvalue weighted by Crippen LogP contribution is -2.47. The SMILES string of the molecule is Cc1nn(-c2ccccc2)c2c1[C@H]1c3cnn(-c4ccccc4)c3OC(C)(C)[C@@H]1CS2. The summed E-state index contributed by atoms with van der Waals surface area (Å²) in [4.78, 5) is 0. The highest BCUT2D eigenvalue weighted by Gasteiger charge is 2.50. The zero-order valence-corrected chi connectivity index (χ0v) is 18.6. The summed E-state index contributed by atoms with van der Waals surface area (Å²) in [5.74, 6) is 2.39. The second kappa shape index (κ2) is 6.76. The van der Waals surface area contributed by atoms with Crippen LogP contribution in [0.25, 0.3) is 11.4 Å². The van der Waals surface area contributed by atoms with Crippen molar-refractivity contribution in [2.75, 3.05) is 5.75 Å². The molecule has 0 amide bonds. The van der Waals surface area contributed by atoms with Crippen molar-refractivity contribution in [3.8, 4) is 17.3 Å². The summed E-state index contributed by atoms with van der Waals surface area (Å²) in [5, 5.41) is 11.0. The topological polar surface area (TPSA) is 44.9 Å². The summed E-state index contributed by atoms with van der Waals surface area (Å²) in [7, 11) is 0. The van der Waals surface area contributed by atoms with Gasteiger partial charge in [-0.05, 0) is 45.0 Å². The lowest BCUT2D eigenvalue weighted by Gasteiger charge is -2.45. The Labute approximate surface area is 186 Å². The van der Waals surface area contributed by atoms with E-state index in [1.807, 2.05) is 46.9 Å². The fourth-order valence-corrected chi connectivity index (χ4v) is 6.57. The minimum Gasteiger partial charge on any atom is -0.471 e. The molecule has 0 saturated heterocycles. The van der Waals surface area contributed by atoms with Gasteiger partial charge < -0.3 is 4.74 Å². The van der Waals surface area contributed by atoms with Crippen molar-refractivity contribution in [3.63, 3.8) is 0 Å². The van der Waals surface area contributed by atoms with Gasteiger partial charge in [0.2, 0.25) is 5.88 Å². The molecule has 31 heavy (non-hydrogen) atoms. The molecule has 6 heteroatoms. The molecule has 0 aliphatic carbocycles. The number of fused-ring (bicyclic) bond motifs is 5. The number of rotatable bonds is 2. The lowest BCUT2D eigenvalue weighted by molar-refractivity contribution is 0.0199. The number of hydrogen-bond donors (Lipinski definition) is 0. The third-order valence-corrected chi connectivity index (χ3v) is 7.71. The summed E-state index contributed by atoms with van der Waals surface area (Å²) in [6, 6.07) is 20.6. The number of para-hydroxylation sites is 2. The van der Waals surface area contributed by atoms with E-state index in [4.69, 9.17) is 14.9 Å². The quantitative estimate of drug-likeness (QED) is 0.429.